The summed E-state index contributed by atoms with van der Waals surface area (Å²) < 4.78 is 1.57. The van der Waals surface area contributed by atoms with Gasteiger partial charge in [0, 0.05) is 31.3 Å². The van der Waals surface area contributed by atoms with Gasteiger partial charge in [-0.1, -0.05) is 0 Å². The fraction of sp³-hybridized carbons (Fsp3) is 0.545. The van der Waals surface area contributed by atoms with Gasteiger partial charge < -0.3 is 10.0 Å². The highest BCUT2D eigenvalue weighted by Crippen LogP contribution is 2.20. The number of aryl methyl sites for hydroxylation is 2. The van der Waals surface area contributed by atoms with E-state index in [1.165, 1.54) is 4.90 Å². The Hall–Kier alpha value is -1.50. The van der Waals surface area contributed by atoms with Crippen molar-refractivity contribution in [3.8, 4) is 0 Å². The quantitative estimate of drug-likeness (QED) is 0.839. The van der Waals surface area contributed by atoms with E-state index >= 15 is 0 Å². The minimum Gasteiger partial charge on any atom is -0.480 e. The highest BCUT2D eigenvalue weighted by atomic mass is 32.2. The fourth-order valence-corrected chi connectivity index (χ4v) is 3.05. The number of carbonyl (C=O) groups is 2. The van der Waals surface area contributed by atoms with Crippen LogP contribution in [0.15, 0.2) is 6.20 Å². The Bertz CT molecular complexity index is 486. The van der Waals surface area contributed by atoms with Crippen molar-refractivity contribution in [1.29, 1.82) is 0 Å². The van der Waals surface area contributed by atoms with Gasteiger partial charge in [0.25, 0.3) is 5.91 Å². The first-order valence-corrected chi connectivity index (χ1v) is 6.78. The number of aliphatic carboxylic acids is 1. The number of carboxylic acids is 1. The van der Waals surface area contributed by atoms with Gasteiger partial charge in [-0.3, -0.25) is 9.48 Å². The number of nitrogens with zero attached hydrogens (tertiary/aromatic N) is 3. The maximum absolute atomic E-state index is 12.3. The summed E-state index contributed by atoms with van der Waals surface area (Å²) in [5.41, 5.74) is 1.11. The van der Waals surface area contributed by atoms with E-state index in [4.69, 9.17) is 5.11 Å². The van der Waals surface area contributed by atoms with Crippen LogP contribution in [0.5, 0.6) is 0 Å². The lowest BCUT2D eigenvalue weighted by Crippen LogP contribution is -2.50. The topological polar surface area (TPSA) is 75.4 Å². The Morgan fingerprint density at radius 2 is 2.28 bits per heavy atom. The van der Waals surface area contributed by atoms with Crippen molar-refractivity contribution in [3.05, 3.63) is 17.5 Å². The minimum atomic E-state index is -0.947. The number of carboxylic acid groups (broad SMARTS) is 1. The summed E-state index contributed by atoms with van der Waals surface area (Å²) in [4.78, 5) is 24.9. The molecule has 0 spiro atoms. The van der Waals surface area contributed by atoms with Gasteiger partial charge in [0.15, 0.2) is 0 Å². The number of aromatic nitrogens is 2. The standard InChI is InChI=1S/C11H15N3O3S/c1-7-8(5-13(2)12-7)10(15)14-3-4-18-6-9(14)11(16)17/h5,9H,3-4,6H2,1-2H3,(H,16,17). The van der Waals surface area contributed by atoms with Gasteiger partial charge in [-0.05, 0) is 6.92 Å². The van der Waals surface area contributed by atoms with Gasteiger partial charge in [0.2, 0.25) is 0 Å². The molecule has 7 heteroatoms. The number of hydrogen-bond donors (Lipinski definition) is 1. The second kappa shape index (κ2) is 5.01. The zero-order valence-electron chi connectivity index (χ0n) is 10.3. The Kier molecular flexibility index (Phi) is 3.60. The lowest BCUT2D eigenvalue weighted by Gasteiger charge is -2.32. The number of carbonyl (C=O) groups excluding carboxylic acids is 1. The summed E-state index contributed by atoms with van der Waals surface area (Å²) in [6, 6.07) is -0.740. The van der Waals surface area contributed by atoms with Crippen LogP contribution >= 0.6 is 11.8 Å². The summed E-state index contributed by atoms with van der Waals surface area (Å²) in [7, 11) is 1.74. The molecule has 1 amide bonds. The Labute approximate surface area is 109 Å². The molecule has 0 aliphatic carbocycles. The van der Waals surface area contributed by atoms with E-state index in [9.17, 15) is 9.59 Å². The number of amides is 1. The molecule has 1 N–H and O–H groups in total. The Balaban J connectivity index is 2.26. The summed E-state index contributed by atoms with van der Waals surface area (Å²) in [5.74, 6) is 0.0280. The summed E-state index contributed by atoms with van der Waals surface area (Å²) in [5, 5.41) is 13.3. The molecule has 2 rings (SSSR count). The Morgan fingerprint density at radius 3 is 2.83 bits per heavy atom. The third-order valence-electron chi connectivity index (χ3n) is 2.92. The zero-order chi connectivity index (χ0) is 13.3. The largest absolute Gasteiger partial charge is 0.480 e. The Morgan fingerprint density at radius 1 is 1.56 bits per heavy atom. The molecule has 98 valence electrons. The molecule has 1 aliphatic rings. The van der Waals surface area contributed by atoms with Gasteiger partial charge in [0.1, 0.15) is 6.04 Å². The average molecular weight is 269 g/mol. The van der Waals surface area contributed by atoms with Gasteiger partial charge in [-0.15, -0.1) is 0 Å². The van der Waals surface area contributed by atoms with Crippen LogP contribution in [0, 0.1) is 6.92 Å². The van der Waals surface area contributed by atoms with Crippen LogP contribution in [0.1, 0.15) is 16.1 Å². The highest BCUT2D eigenvalue weighted by molar-refractivity contribution is 7.99. The first kappa shape index (κ1) is 12.9. The molecule has 1 aromatic heterocycles. The predicted octanol–water partition coefficient (Wildman–Crippen LogP) is 0.371. The smallest absolute Gasteiger partial charge is 0.327 e. The number of thioether (sulfide) groups is 1. The third kappa shape index (κ3) is 2.35. The second-order valence-corrected chi connectivity index (χ2v) is 5.38. The monoisotopic (exact) mass is 269 g/mol. The van der Waals surface area contributed by atoms with Gasteiger partial charge in [-0.25, -0.2) is 4.79 Å². The normalized spacial score (nSPS) is 19.9. The molecule has 1 saturated heterocycles. The zero-order valence-corrected chi connectivity index (χ0v) is 11.1. The molecule has 6 nitrogen and oxygen atoms in total. The van der Waals surface area contributed by atoms with Gasteiger partial charge in [0.05, 0.1) is 11.3 Å². The van der Waals surface area contributed by atoms with Crippen LogP contribution in [0.2, 0.25) is 0 Å². The molecule has 1 aliphatic heterocycles. The van der Waals surface area contributed by atoms with Gasteiger partial charge >= 0.3 is 5.97 Å². The van der Waals surface area contributed by atoms with Gasteiger partial charge in [-0.2, -0.15) is 16.9 Å². The van der Waals surface area contributed by atoms with Crippen LogP contribution in [0.25, 0.3) is 0 Å². The predicted molar refractivity (Wildman–Crippen MR) is 67.7 cm³/mol. The van der Waals surface area contributed by atoms with Crippen molar-refractivity contribution in [2.75, 3.05) is 18.1 Å². The summed E-state index contributed by atoms with van der Waals surface area (Å²) in [6.07, 6.45) is 1.64. The van der Waals surface area contributed by atoms with Crippen LogP contribution in [0.3, 0.4) is 0 Å². The average Bonchev–Trinajstić information content (AvgIpc) is 2.67. The SMILES string of the molecule is Cc1nn(C)cc1C(=O)N1CCSCC1C(=O)O. The fourth-order valence-electron chi connectivity index (χ4n) is 2.02. The maximum atomic E-state index is 12.3. The first-order valence-electron chi connectivity index (χ1n) is 5.62. The molecule has 18 heavy (non-hydrogen) atoms. The van der Waals surface area contributed by atoms with Crippen LogP contribution in [-0.4, -0.2) is 55.8 Å². The number of hydrogen-bond acceptors (Lipinski definition) is 4. The van der Waals surface area contributed by atoms with E-state index in [0.29, 0.717) is 23.6 Å². The van der Waals surface area contributed by atoms with E-state index in [2.05, 4.69) is 5.10 Å². The molecule has 1 atom stereocenters. The summed E-state index contributed by atoms with van der Waals surface area (Å²) in [6.45, 7) is 2.22. The van der Waals surface area contributed by atoms with Crippen molar-refractivity contribution in [2.24, 2.45) is 7.05 Å². The van der Waals surface area contributed by atoms with Crippen molar-refractivity contribution >= 4 is 23.6 Å². The van der Waals surface area contributed by atoms with Crippen molar-refractivity contribution < 1.29 is 14.7 Å². The molecule has 0 radical (unpaired) electrons. The summed E-state index contributed by atoms with van der Waals surface area (Å²) >= 11 is 1.56. The van der Waals surface area contributed by atoms with Crippen molar-refractivity contribution in [1.82, 2.24) is 14.7 Å². The highest BCUT2D eigenvalue weighted by Gasteiger charge is 2.33. The minimum absolute atomic E-state index is 0.242. The van der Waals surface area contributed by atoms with E-state index < -0.39 is 12.0 Å². The molecule has 1 unspecified atom stereocenters. The van der Waals surface area contributed by atoms with Crippen molar-refractivity contribution in [2.45, 2.75) is 13.0 Å². The molecular formula is C11H15N3O3S. The van der Waals surface area contributed by atoms with E-state index in [1.807, 2.05) is 0 Å². The number of rotatable bonds is 2. The van der Waals surface area contributed by atoms with Crippen LogP contribution < -0.4 is 0 Å². The van der Waals surface area contributed by atoms with Crippen LogP contribution in [-0.2, 0) is 11.8 Å². The maximum Gasteiger partial charge on any atom is 0.327 e. The molecule has 0 aromatic carbocycles. The lowest BCUT2D eigenvalue weighted by atomic mass is 10.2. The molecule has 1 aromatic rings. The molecule has 0 saturated carbocycles. The second-order valence-electron chi connectivity index (χ2n) is 4.23. The van der Waals surface area contributed by atoms with E-state index in [1.54, 1.807) is 36.6 Å². The molecular weight excluding hydrogens is 254 g/mol. The van der Waals surface area contributed by atoms with Crippen molar-refractivity contribution in [3.63, 3.8) is 0 Å². The van der Waals surface area contributed by atoms with Crippen LogP contribution in [0.4, 0.5) is 0 Å². The first-order chi connectivity index (χ1) is 8.50. The lowest BCUT2D eigenvalue weighted by molar-refractivity contribution is -0.141. The van der Waals surface area contributed by atoms with E-state index in [0.717, 1.165) is 5.75 Å². The molecule has 2 heterocycles. The van der Waals surface area contributed by atoms with E-state index in [-0.39, 0.29) is 5.91 Å². The molecule has 0 bridgehead atoms. The molecule has 1 fully saturated rings. The third-order valence-corrected chi connectivity index (χ3v) is 3.94.